The van der Waals surface area contributed by atoms with Crippen molar-refractivity contribution in [1.29, 1.82) is 0 Å². The van der Waals surface area contributed by atoms with Gasteiger partial charge in [-0.1, -0.05) is 23.2 Å². The van der Waals surface area contributed by atoms with Crippen molar-refractivity contribution in [3.8, 4) is 5.75 Å². The van der Waals surface area contributed by atoms with Gasteiger partial charge in [-0.2, -0.15) is 8.78 Å². The number of ketones is 1. The van der Waals surface area contributed by atoms with Crippen molar-refractivity contribution in [3.63, 3.8) is 0 Å². The summed E-state index contributed by atoms with van der Waals surface area (Å²) in [6, 6.07) is 2.20. The molecule has 0 aliphatic rings. The van der Waals surface area contributed by atoms with Gasteiger partial charge in [-0.3, -0.25) is 4.79 Å². The fourth-order valence-electron chi connectivity index (χ4n) is 1.00. The fraction of sp³-hybridized carbons (Fsp3) is 0.222. The Morgan fingerprint density at radius 1 is 1.31 bits per heavy atom. The molecule has 0 radical (unpaired) electrons. The monoisotopic (exact) mass is 288 g/mol. The molecule has 0 fully saturated rings. The molecule has 0 unspecified atom stereocenters. The second-order valence-corrected chi connectivity index (χ2v) is 3.78. The van der Waals surface area contributed by atoms with Gasteiger partial charge in [0.1, 0.15) is 5.75 Å². The maximum atomic E-state index is 12.0. The zero-order chi connectivity index (χ0) is 12.3. The van der Waals surface area contributed by atoms with Crippen LogP contribution in [0.15, 0.2) is 12.1 Å². The van der Waals surface area contributed by atoms with E-state index in [0.29, 0.717) is 0 Å². The van der Waals surface area contributed by atoms with Gasteiger partial charge >= 0.3 is 6.61 Å². The van der Waals surface area contributed by atoms with Crippen molar-refractivity contribution in [2.24, 2.45) is 0 Å². The lowest BCUT2D eigenvalue weighted by Crippen LogP contribution is -2.06. The second kappa shape index (κ2) is 5.66. The molecule has 0 bridgehead atoms. The summed E-state index contributed by atoms with van der Waals surface area (Å²) in [6.45, 7) is -3.03. The average molecular weight is 289 g/mol. The highest BCUT2D eigenvalue weighted by molar-refractivity contribution is 6.39. The zero-order valence-electron chi connectivity index (χ0n) is 7.65. The molecule has 2 nitrogen and oxygen atoms in total. The molecule has 1 rings (SSSR count). The van der Waals surface area contributed by atoms with Crippen molar-refractivity contribution >= 4 is 40.6 Å². The van der Waals surface area contributed by atoms with Gasteiger partial charge in [-0.15, -0.1) is 11.6 Å². The Morgan fingerprint density at radius 3 is 2.44 bits per heavy atom. The highest BCUT2D eigenvalue weighted by Crippen LogP contribution is 2.32. The van der Waals surface area contributed by atoms with Gasteiger partial charge in [0.25, 0.3) is 0 Å². The Morgan fingerprint density at radius 2 is 1.94 bits per heavy atom. The van der Waals surface area contributed by atoms with Crippen LogP contribution in [-0.4, -0.2) is 18.3 Å². The summed E-state index contributed by atoms with van der Waals surface area (Å²) in [5.74, 6) is -1.12. The van der Waals surface area contributed by atoms with Crippen LogP contribution in [0.3, 0.4) is 0 Å². The molecule has 7 heteroatoms. The highest BCUT2D eigenvalue weighted by Gasteiger charge is 2.16. The summed E-state index contributed by atoms with van der Waals surface area (Å²) in [4.78, 5) is 11.3. The molecule has 1 aromatic rings. The predicted molar refractivity (Wildman–Crippen MR) is 58.1 cm³/mol. The van der Waals surface area contributed by atoms with E-state index in [1.165, 1.54) is 0 Å². The third-order valence-corrected chi connectivity index (χ3v) is 2.51. The van der Waals surface area contributed by atoms with Crippen LogP contribution in [-0.2, 0) is 0 Å². The van der Waals surface area contributed by atoms with Crippen molar-refractivity contribution < 1.29 is 18.3 Å². The number of rotatable bonds is 4. The largest absolute Gasteiger partial charge is 0.433 e. The molecule has 0 aromatic heterocycles. The lowest BCUT2D eigenvalue weighted by Gasteiger charge is -2.09. The Bertz CT molecular complexity index is 410. The first-order valence-electron chi connectivity index (χ1n) is 3.98. The number of alkyl halides is 3. The van der Waals surface area contributed by atoms with Crippen molar-refractivity contribution in [2.75, 3.05) is 5.88 Å². The lowest BCUT2D eigenvalue weighted by molar-refractivity contribution is -0.0498. The Balaban J connectivity index is 3.16. The lowest BCUT2D eigenvalue weighted by atomic mass is 10.1. The summed E-state index contributed by atoms with van der Waals surface area (Å²) < 4.78 is 28.1. The summed E-state index contributed by atoms with van der Waals surface area (Å²) in [5.41, 5.74) is -0.00304. The minimum Gasteiger partial charge on any atom is -0.433 e. The van der Waals surface area contributed by atoms with Crippen LogP contribution in [0.2, 0.25) is 10.0 Å². The standard InChI is InChI=1S/C9H5Cl3F2O2/c10-3-7(15)4-1-8(16-9(13)14)6(12)2-5(4)11/h1-2,9H,3H2. The molecule has 0 aliphatic carbocycles. The molecular formula is C9H5Cl3F2O2. The fourth-order valence-corrected chi connectivity index (χ4v) is 1.68. The molecule has 16 heavy (non-hydrogen) atoms. The summed E-state index contributed by atoms with van der Waals surface area (Å²) in [7, 11) is 0. The maximum absolute atomic E-state index is 12.0. The van der Waals surface area contributed by atoms with E-state index >= 15 is 0 Å². The van der Waals surface area contributed by atoms with E-state index in [1.54, 1.807) is 0 Å². The number of carbonyl (C=O) groups excluding carboxylic acids is 1. The summed E-state index contributed by atoms with van der Waals surface area (Å²) in [6.07, 6.45) is 0. The zero-order valence-corrected chi connectivity index (χ0v) is 9.91. The van der Waals surface area contributed by atoms with Gasteiger partial charge in [-0.05, 0) is 12.1 Å². The highest BCUT2D eigenvalue weighted by atomic mass is 35.5. The van der Waals surface area contributed by atoms with Gasteiger partial charge in [0.05, 0.1) is 15.9 Å². The molecule has 0 atom stereocenters. The number of carbonyl (C=O) groups is 1. The molecule has 1 aromatic carbocycles. The first kappa shape index (κ1) is 13.5. The van der Waals surface area contributed by atoms with E-state index in [1.807, 2.05) is 0 Å². The molecule has 0 saturated heterocycles. The van der Waals surface area contributed by atoms with Crippen LogP contribution in [0.4, 0.5) is 8.78 Å². The van der Waals surface area contributed by atoms with Gasteiger partial charge in [0.2, 0.25) is 0 Å². The normalized spacial score (nSPS) is 10.6. The van der Waals surface area contributed by atoms with Gasteiger partial charge < -0.3 is 4.74 Å². The van der Waals surface area contributed by atoms with Gasteiger partial charge in [-0.25, -0.2) is 0 Å². The number of Topliss-reactive ketones (excluding diaryl/α,β-unsaturated/α-hetero) is 1. The van der Waals surface area contributed by atoms with E-state index in [4.69, 9.17) is 34.8 Å². The van der Waals surface area contributed by atoms with Crippen LogP contribution in [0.5, 0.6) is 5.75 Å². The minimum absolute atomic E-state index is 0.00304. The van der Waals surface area contributed by atoms with E-state index in [-0.39, 0.29) is 27.2 Å². The predicted octanol–water partition coefficient (Wildman–Crippen LogP) is 4.02. The van der Waals surface area contributed by atoms with Crippen LogP contribution in [0.1, 0.15) is 10.4 Å². The second-order valence-electron chi connectivity index (χ2n) is 2.70. The van der Waals surface area contributed by atoms with Crippen LogP contribution < -0.4 is 4.74 Å². The molecule has 0 amide bonds. The molecular weight excluding hydrogens is 284 g/mol. The number of ether oxygens (including phenoxy) is 1. The van der Waals surface area contributed by atoms with Crippen molar-refractivity contribution in [2.45, 2.75) is 6.61 Å². The Labute approximate surface area is 105 Å². The molecule has 0 heterocycles. The number of benzene rings is 1. The van der Waals surface area contributed by atoms with E-state index in [9.17, 15) is 13.6 Å². The maximum Gasteiger partial charge on any atom is 0.387 e. The molecule has 0 spiro atoms. The smallest absolute Gasteiger partial charge is 0.387 e. The van der Waals surface area contributed by atoms with E-state index in [0.717, 1.165) is 12.1 Å². The molecule has 0 N–H and O–H groups in total. The number of hydrogen-bond acceptors (Lipinski definition) is 2. The Hall–Kier alpha value is -0.580. The first-order valence-corrected chi connectivity index (χ1v) is 5.27. The van der Waals surface area contributed by atoms with Crippen molar-refractivity contribution in [1.82, 2.24) is 0 Å². The topological polar surface area (TPSA) is 26.3 Å². The van der Waals surface area contributed by atoms with Gasteiger partial charge in [0.15, 0.2) is 5.78 Å². The first-order chi connectivity index (χ1) is 7.45. The van der Waals surface area contributed by atoms with E-state index < -0.39 is 12.4 Å². The average Bonchev–Trinajstić information content (AvgIpc) is 2.20. The third-order valence-electron chi connectivity index (χ3n) is 1.66. The molecule has 0 saturated carbocycles. The van der Waals surface area contributed by atoms with Crippen molar-refractivity contribution in [3.05, 3.63) is 27.7 Å². The van der Waals surface area contributed by atoms with Crippen LogP contribution >= 0.6 is 34.8 Å². The van der Waals surface area contributed by atoms with Crippen LogP contribution in [0, 0.1) is 0 Å². The Kier molecular flexibility index (Phi) is 4.77. The van der Waals surface area contributed by atoms with E-state index in [2.05, 4.69) is 4.74 Å². The third kappa shape index (κ3) is 3.20. The minimum atomic E-state index is -3.03. The van der Waals surface area contributed by atoms with Gasteiger partial charge in [0, 0.05) is 5.56 Å². The summed E-state index contributed by atoms with van der Waals surface area (Å²) in [5, 5.41) is -0.0614. The number of hydrogen-bond donors (Lipinski definition) is 0. The summed E-state index contributed by atoms with van der Waals surface area (Å²) >= 11 is 16.6. The van der Waals surface area contributed by atoms with Crippen LogP contribution in [0.25, 0.3) is 0 Å². The molecule has 88 valence electrons. The number of halogens is 5. The quantitative estimate of drug-likeness (QED) is 0.618. The SMILES string of the molecule is O=C(CCl)c1cc(OC(F)F)c(Cl)cc1Cl. The molecule has 0 aliphatic heterocycles.